The number of imidazole rings is 1. The molecule has 2 aromatic carbocycles. The van der Waals surface area contributed by atoms with Gasteiger partial charge < -0.3 is 9.30 Å². The van der Waals surface area contributed by atoms with Gasteiger partial charge >= 0.3 is 6.09 Å². The number of carbonyl (C=O) groups is 1. The fourth-order valence-electron chi connectivity index (χ4n) is 2.98. The quantitative estimate of drug-likeness (QED) is 0.670. The number of amides is 1. The summed E-state index contributed by atoms with van der Waals surface area (Å²) in [4.78, 5) is 20.1. The SMILES string of the molecule is CCOC(=O)Nc1ccc(C(c2ccccc2)n2ccnc2)cc1C=NC. The summed E-state index contributed by atoms with van der Waals surface area (Å²) in [5.74, 6) is 0. The fraction of sp³-hybridized carbons (Fsp3) is 0.190. The minimum Gasteiger partial charge on any atom is -0.450 e. The summed E-state index contributed by atoms with van der Waals surface area (Å²) in [5, 5.41) is 2.77. The number of aliphatic imine (C=N–C) groups is 1. The Hall–Kier alpha value is -3.41. The van der Waals surface area contributed by atoms with E-state index < -0.39 is 6.09 Å². The highest BCUT2D eigenvalue weighted by molar-refractivity contribution is 5.95. The van der Waals surface area contributed by atoms with Gasteiger partial charge in [-0.05, 0) is 30.2 Å². The minimum absolute atomic E-state index is 0.0330. The molecule has 0 aliphatic rings. The molecule has 0 saturated heterocycles. The molecule has 3 rings (SSSR count). The summed E-state index contributed by atoms with van der Waals surface area (Å²) in [6.45, 7) is 2.09. The number of carbonyl (C=O) groups excluding carboxylic acids is 1. The molecule has 1 unspecified atom stereocenters. The first-order valence-corrected chi connectivity index (χ1v) is 8.75. The molecule has 0 saturated carbocycles. The Kier molecular flexibility index (Phi) is 5.99. The highest BCUT2D eigenvalue weighted by Crippen LogP contribution is 2.29. The molecule has 1 atom stereocenters. The van der Waals surface area contributed by atoms with Crippen LogP contribution in [0.1, 0.15) is 29.7 Å². The van der Waals surface area contributed by atoms with Crippen LogP contribution in [0.3, 0.4) is 0 Å². The van der Waals surface area contributed by atoms with E-state index in [9.17, 15) is 4.79 Å². The van der Waals surface area contributed by atoms with Crippen molar-refractivity contribution >= 4 is 18.0 Å². The Balaban J connectivity index is 2.03. The van der Waals surface area contributed by atoms with Gasteiger partial charge in [0.15, 0.2) is 0 Å². The molecule has 3 aromatic rings. The lowest BCUT2D eigenvalue weighted by Gasteiger charge is -2.21. The van der Waals surface area contributed by atoms with Crippen LogP contribution in [0.15, 0.2) is 72.2 Å². The van der Waals surface area contributed by atoms with Gasteiger partial charge in [0.2, 0.25) is 0 Å². The van der Waals surface area contributed by atoms with E-state index in [0.717, 1.165) is 16.7 Å². The molecule has 1 heterocycles. The lowest BCUT2D eigenvalue weighted by Crippen LogP contribution is -2.16. The number of nitrogens with one attached hydrogen (secondary N) is 1. The van der Waals surface area contributed by atoms with E-state index in [1.165, 1.54) is 0 Å². The van der Waals surface area contributed by atoms with Crippen molar-refractivity contribution in [3.63, 3.8) is 0 Å². The first kappa shape index (κ1) is 18.4. The molecule has 0 aliphatic carbocycles. The van der Waals surface area contributed by atoms with Gasteiger partial charge in [-0.1, -0.05) is 36.4 Å². The van der Waals surface area contributed by atoms with E-state index in [1.54, 1.807) is 32.7 Å². The van der Waals surface area contributed by atoms with Crippen LogP contribution in [-0.4, -0.2) is 35.5 Å². The van der Waals surface area contributed by atoms with E-state index in [4.69, 9.17) is 4.74 Å². The Morgan fingerprint density at radius 1 is 1.26 bits per heavy atom. The first-order valence-electron chi connectivity index (χ1n) is 8.75. The van der Waals surface area contributed by atoms with Crippen LogP contribution in [0.4, 0.5) is 10.5 Å². The highest BCUT2D eigenvalue weighted by Gasteiger charge is 2.17. The van der Waals surface area contributed by atoms with Crippen LogP contribution >= 0.6 is 0 Å². The number of benzene rings is 2. The molecule has 6 nitrogen and oxygen atoms in total. The normalized spacial score (nSPS) is 12.1. The number of anilines is 1. The fourth-order valence-corrected chi connectivity index (χ4v) is 2.98. The molecule has 27 heavy (non-hydrogen) atoms. The van der Waals surface area contributed by atoms with Crippen LogP contribution in [0.5, 0.6) is 0 Å². The average molecular weight is 362 g/mol. The molecule has 0 spiro atoms. The molecule has 138 valence electrons. The van der Waals surface area contributed by atoms with Gasteiger partial charge in [0.1, 0.15) is 0 Å². The minimum atomic E-state index is -0.481. The van der Waals surface area contributed by atoms with Crippen molar-refractivity contribution in [3.8, 4) is 0 Å². The van der Waals surface area contributed by atoms with Crippen molar-refractivity contribution in [2.24, 2.45) is 4.99 Å². The summed E-state index contributed by atoms with van der Waals surface area (Å²) in [6.07, 6.45) is 6.75. The third-order valence-electron chi connectivity index (χ3n) is 4.11. The van der Waals surface area contributed by atoms with E-state index in [1.807, 2.05) is 42.6 Å². The van der Waals surface area contributed by atoms with E-state index in [-0.39, 0.29) is 6.04 Å². The molecule has 0 aliphatic heterocycles. The standard InChI is InChI=1S/C21H22N4O2/c1-3-27-21(26)24-19-10-9-17(13-18(19)14-22-2)20(25-12-11-23-15-25)16-7-5-4-6-8-16/h4-15,20H,3H2,1-2H3,(H,24,26). The predicted molar refractivity (Wildman–Crippen MR) is 107 cm³/mol. The van der Waals surface area contributed by atoms with Gasteiger partial charge in [0, 0.05) is 31.2 Å². The number of hydrogen-bond donors (Lipinski definition) is 1. The maximum absolute atomic E-state index is 11.8. The summed E-state index contributed by atoms with van der Waals surface area (Å²) in [6, 6.07) is 16.1. The first-order chi connectivity index (χ1) is 13.2. The van der Waals surface area contributed by atoms with Crippen LogP contribution in [0.25, 0.3) is 0 Å². The van der Waals surface area contributed by atoms with Crippen molar-refractivity contribution in [2.45, 2.75) is 13.0 Å². The Morgan fingerprint density at radius 3 is 2.74 bits per heavy atom. The zero-order chi connectivity index (χ0) is 19.1. The molecule has 1 aromatic heterocycles. The van der Waals surface area contributed by atoms with E-state index in [2.05, 4.69) is 32.0 Å². The van der Waals surface area contributed by atoms with Gasteiger partial charge in [-0.2, -0.15) is 0 Å². The highest BCUT2D eigenvalue weighted by atomic mass is 16.5. The molecule has 1 amide bonds. The van der Waals surface area contributed by atoms with Gasteiger partial charge in [-0.25, -0.2) is 9.78 Å². The second-order valence-electron chi connectivity index (χ2n) is 5.90. The van der Waals surface area contributed by atoms with Crippen LogP contribution in [0.2, 0.25) is 0 Å². The monoisotopic (exact) mass is 362 g/mol. The lowest BCUT2D eigenvalue weighted by atomic mass is 9.96. The summed E-state index contributed by atoms with van der Waals surface area (Å²) >= 11 is 0. The van der Waals surface area contributed by atoms with Crippen molar-refractivity contribution in [3.05, 3.63) is 83.9 Å². The molecule has 0 fully saturated rings. The second-order valence-corrected chi connectivity index (χ2v) is 5.90. The van der Waals surface area contributed by atoms with Gasteiger partial charge in [0.05, 0.1) is 24.7 Å². The smallest absolute Gasteiger partial charge is 0.411 e. The van der Waals surface area contributed by atoms with E-state index in [0.29, 0.717) is 12.3 Å². The molecule has 0 bridgehead atoms. The zero-order valence-electron chi connectivity index (χ0n) is 15.4. The lowest BCUT2D eigenvalue weighted by molar-refractivity contribution is 0.168. The summed E-state index contributed by atoms with van der Waals surface area (Å²) < 4.78 is 7.03. The molecular weight excluding hydrogens is 340 g/mol. The molecule has 1 N–H and O–H groups in total. The largest absolute Gasteiger partial charge is 0.450 e. The van der Waals surface area contributed by atoms with Crippen molar-refractivity contribution in [1.29, 1.82) is 0 Å². The van der Waals surface area contributed by atoms with Gasteiger partial charge in [-0.3, -0.25) is 10.3 Å². The Bertz CT molecular complexity index is 905. The van der Waals surface area contributed by atoms with Gasteiger partial charge in [-0.15, -0.1) is 0 Å². The van der Waals surface area contributed by atoms with Crippen LogP contribution < -0.4 is 5.32 Å². The number of ether oxygens (including phenoxy) is 1. The topological polar surface area (TPSA) is 68.5 Å². The van der Waals surface area contributed by atoms with Crippen LogP contribution in [0, 0.1) is 0 Å². The number of rotatable bonds is 6. The molecule has 0 radical (unpaired) electrons. The maximum Gasteiger partial charge on any atom is 0.411 e. The van der Waals surface area contributed by atoms with Crippen LogP contribution in [-0.2, 0) is 4.74 Å². The van der Waals surface area contributed by atoms with Gasteiger partial charge in [0.25, 0.3) is 0 Å². The van der Waals surface area contributed by atoms with Crippen molar-refractivity contribution in [2.75, 3.05) is 19.0 Å². The van der Waals surface area contributed by atoms with E-state index >= 15 is 0 Å². The van der Waals surface area contributed by atoms with Crippen molar-refractivity contribution < 1.29 is 9.53 Å². The summed E-state index contributed by atoms with van der Waals surface area (Å²) in [5.41, 5.74) is 3.66. The molecule has 6 heteroatoms. The molecular formula is C21H22N4O2. The Labute approximate surface area is 158 Å². The van der Waals surface area contributed by atoms with Crippen molar-refractivity contribution in [1.82, 2.24) is 9.55 Å². The average Bonchev–Trinajstić information content (AvgIpc) is 3.19. The third-order valence-corrected chi connectivity index (χ3v) is 4.11. The number of hydrogen-bond acceptors (Lipinski definition) is 4. The predicted octanol–water partition coefficient (Wildman–Crippen LogP) is 4.14. The number of nitrogens with zero attached hydrogens (tertiary/aromatic N) is 3. The Morgan fingerprint density at radius 2 is 2.07 bits per heavy atom. The maximum atomic E-state index is 11.8. The summed E-state index contributed by atoms with van der Waals surface area (Å²) in [7, 11) is 1.70. The second kappa shape index (κ2) is 8.80. The number of aromatic nitrogens is 2. The zero-order valence-corrected chi connectivity index (χ0v) is 15.4. The third kappa shape index (κ3) is 4.41.